The third kappa shape index (κ3) is 6.32. The van der Waals surface area contributed by atoms with Crippen LogP contribution in [0.5, 0.6) is 11.5 Å². The van der Waals surface area contributed by atoms with Crippen molar-refractivity contribution < 1.29 is 19.1 Å². The number of ether oxygens (including phenoxy) is 2. The lowest BCUT2D eigenvalue weighted by Crippen LogP contribution is -2.37. The Balaban J connectivity index is 1.38. The number of likely N-dealkylation sites (N-methyl/N-ethyl adjacent to an activating group) is 1. The highest BCUT2D eigenvalue weighted by Gasteiger charge is 2.33. The first kappa shape index (κ1) is 25.5. The molecule has 1 heterocycles. The van der Waals surface area contributed by atoms with Crippen LogP contribution in [0.3, 0.4) is 0 Å². The highest BCUT2D eigenvalue weighted by atomic mass is 16.6. The van der Waals surface area contributed by atoms with Gasteiger partial charge in [0.1, 0.15) is 11.5 Å². The minimum Gasteiger partial charge on any atom is -0.423 e. The molecule has 3 aromatic carbocycles. The van der Waals surface area contributed by atoms with Gasteiger partial charge in [-0.15, -0.1) is 0 Å². The molecule has 0 aromatic heterocycles. The third-order valence-corrected chi connectivity index (χ3v) is 6.95. The van der Waals surface area contributed by atoms with E-state index in [1.54, 1.807) is 42.5 Å². The minimum absolute atomic E-state index is 0.0596. The Bertz CT molecular complexity index is 1190. The van der Waals surface area contributed by atoms with E-state index in [4.69, 9.17) is 9.47 Å². The number of nitrogens with zero attached hydrogens (tertiary/aromatic N) is 1. The molecule has 1 aliphatic heterocycles. The van der Waals surface area contributed by atoms with Crippen LogP contribution in [0.4, 0.5) is 10.5 Å². The summed E-state index contributed by atoms with van der Waals surface area (Å²) in [5.74, 6) is 0.542. The van der Waals surface area contributed by atoms with E-state index in [9.17, 15) is 9.59 Å². The number of hydrogen-bond donors (Lipinski definition) is 1. The lowest BCUT2D eigenvalue weighted by atomic mass is 9.74. The highest BCUT2D eigenvalue weighted by Crippen LogP contribution is 2.37. The summed E-state index contributed by atoms with van der Waals surface area (Å²) in [6, 6.07) is 21.7. The first-order chi connectivity index (χ1) is 17.4. The fraction of sp³-hybridized carbons (Fsp3) is 0.333. The van der Waals surface area contributed by atoms with Crippen LogP contribution >= 0.6 is 0 Å². The van der Waals surface area contributed by atoms with Gasteiger partial charge >= 0.3 is 12.1 Å². The third-order valence-electron chi connectivity index (χ3n) is 6.95. The summed E-state index contributed by atoms with van der Waals surface area (Å²) in [5.41, 5.74) is 3.27. The number of nitrogens with one attached hydrogen (secondary N) is 1. The molecule has 6 nitrogen and oxygen atoms in total. The zero-order chi connectivity index (χ0) is 25.5. The number of rotatable bonds is 6. The summed E-state index contributed by atoms with van der Waals surface area (Å²) in [6.07, 6.45) is 3.98. The molecule has 6 heteroatoms. The maximum absolute atomic E-state index is 12.6. The van der Waals surface area contributed by atoms with Crippen molar-refractivity contribution in [2.75, 3.05) is 25.5 Å². The molecule has 36 heavy (non-hydrogen) atoms. The molecule has 1 atom stereocenters. The molecule has 3 aromatic rings. The van der Waals surface area contributed by atoms with E-state index in [-0.39, 0.29) is 5.41 Å². The molecule has 1 unspecified atom stereocenters. The van der Waals surface area contributed by atoms with Crippen LogP contribution in [0.25, 0.3) is 0 Å². The van der Waals surface area contributed by atoms with Crippen molar-refractivity contribution in [2.24, 2.45) is 0 Å². The Labute approximate surface area is 213 Å². The normalized spacial score (nSPS) is 18.2. The van der Waals surface area contributed by atoms with Crippen LogP contribution in [0.1, 0.15) is 54.1 Å². The highest BCUT2D eigenvalue weighted by molar-refractivity contribution is 5.92. The minimum atomic E-state index is -0.578. The summed E-state index contributed by atoms with van der Waals surface area (Å²) in [6.45, 7) is 6.32. The molecule has 0 radical (unpaired) electrons. The number of aryl methyl sites for hydroxylation is 1. The van der Waals surface area contributed by atoms with Gasteiger partial charge in [-0.25, -0.2) is 9.59 Å². The lowest BCUT2D eigenvalue weighted by molar-refractivity contribution is 0.0734. The number of carbonyl (C=O) groups is 2. The number of anilines is 1. The van der Waals surface area contributed by atoms with Gasteiger partial charge in [-0.2, -0.15) is 0 Å². The molecule has 0 spiro atoms. The van der Waals surface area contributed by atoms with Crippen molar-refractivity contribution in [1.29, 1.82) is 0 Å². The fourth-order valence-electron chi connectivity index (χ4n) is 4.85. The van der Waals surface area contributed by atoms with E-state index in [2.05, 4.69) is 30.3 Å². The number of carbonyl (C=O) groups excluding carboxylic acids is 2. The quantitative estimate of drug-likeness (QED) is 0.314. The fourth-order valence-corrected chi connectivity index (χ4v) is 4.85. The Morgan fingerprint density at radius 3 is 2.42 bits per heavy atom. The summed E-state index contributed by atoms with van der Waals surface area (Å²) in [4.78, 5) is 27.4. The van der Waals surface area contributed by atoms with Crippen LogP contribution in [0.2, 0.25) is 0 Å². The molecular formula is C30H34N2O4. The van der Waals surface area contributed by atoms with Gasteiger partial charge in [0.15, 0.2) is 0 Å². The van der Waals surface area contributed by atoms with Crippen molar-refractivity contribution in [3.63, 3.8) is 0 Å². The molecule has 1 N–H and O–H groups in total. The summed E-state index contributed by atoms with van der Waals surface area (Å²) >= 11 is 0. The molecule has 188 valence electrons. The first-order valence-electron chi connectivity index (χ1n) is 12.5. The monoisotopic (exact) mass is 486 g/mol. The molecule has 0 aliphatic carbocycles. The molecule has 0 bridgehead atoms. The van der Waals surface area contributed by atoms with Gasteiger partial charge < -0.3 is 14.4 Å². The zero-order valence-corrected chi connectivity index (χ0v) is 21.3. The number of likely N-dealkylation sites (tertiary alicyclic amines) is 1. The van der Waals surface area contributed by atoms with Crippen molar-refractivity contribution in [3.05, 3.63) is 89.5 Å². The Kier molecular flexibility index (Phi) is 8.06. The number of esters is 1. The first-order valence-corrected chi connectivity index (χ1v) is 12.5. The Morgan fingerprint density at radius 1 is 0.944 bits per heavy atom. The van der Waals surface area contributed by atoms with Crippen LogP contribution in [-0.4, -0.2) is 37.1 Å². The molecule has 1 amide bonds. The van der Waals surface area contributed by atoms with E-state index in [1.165, 1.54) is 18.4 Å². The van der Waals surface area contributed by atoms with Crippen LogP contribution in [-0.2, 0) is 5.41 Å². The molecule has 4 rings (SSSR count). The zero-order valence-electron chi connectivity index (χ0n) is 21.3. The Hall–Kier alpha value is -3.64. The van der Waals surface area contributed by atoms with E-state index >= 15 is 0 Å². The van der Waals surface area contributed by atoms with Crippen LogP contribution in [0.15, 0.2) is 72.8 Å². The molecule has 0 saturated carbocycles. The average Bonchev–Trinajstić information content (AvgIpc) is 3.08. The van der Waals surface area contributed by atoms with Gasteiger partial charge in [-0.1, -0.05) is 43.2 Å². The second-order valence-electron chi connectivity index (χ2n) is 9.65. The van der Waals surface area contributed by atoms with Crippen molar-refractivity contribution in [3.8, 4) is 11.5 Å². The van der Waals surface area contributed by atoms with E-state index in [0.29, 0.717) is 22.7 Å². The van der Waals surface area contributed by atoms with Crippen LogP contribution in [0, 0.1) is 6.92 Å². The van der Waals surface area contributed by atoms with Crippen molar-refractivity contribution >= 4 is 17.7 Å². The molecular weight excluding hydrogens is 452 g/mol. The summed E-state index contributed by atoms with van der Waals surface area (Å²) in [7, 11) is 2.18. The van der Waals surface area contributed by atoms with Gasteiger partial charge in [0.25, 0.3) is 0 Å². The SMILES string of the molecule is CCC1(c2cccc(OC(=O)Nc3ccc(C(=O)Oc4ccc(C)cc4)cc3)c2)CCCCN(C)C1. The molecule has 1 fully saturated rings. The number of hydrogen-bond acceptors (Lipinski definition) is 5. The van der Waals surface area contributed by atoms with Crippen molar-refractivity contribution in [2.45, 2.75) is 44.9 Å². The van der Waals surface area contributed by atoms with E-state index in [1.807, 2.05) is 31.2 Å². The number of amides is 1. The van der Waals surface area contributed by atoms with E-state index < -0.39 is 12.1 Å². The molecule has 1 aliphatic rings. The van der Waals surface area contributed by atoms with Gasteiger partial charge in [0.05, 0.1) is 5.56 Å². The second kappa shape index (κ2) is 11.4. The Morgan fingerprint density at radius 2 is 1.69 bits per heavy atom. The molecule has 1 saturated heterocycles. The summed E-state index contributed by atoms with van der Waals surface area (Å²) in [5, 5.41) is 2.73. The maximum Gasteiger partial charge on any atom is 0.417 e. The van der Waals surface area contributed by atoms with E-state index in [0.717, 1.165) is 31.5 Å². The number of benzene rings is 3. The predicted octanol–water partition coefficient (Wildman–Crippen LogP) is 6.59. The van der Waals surface area contributed by atoms with Gasteiger partial charge in [-0.3, -0.25) is 5.32 Å². The maximum atomic E-state index is 12.6. The largest absolute Gasteiger partial charge is 0.423 e. The van der Waals surface area contributed by atoms with Crippen LogP contribution < -0.4 is 14.8 Å². The van der Waals surface area contributed by atoms with Gasteiger partial charge in [0, 0.05) is 17.6 Å². The predicted molar refractivity (Wildman–Crippen MR) is 142 cm³/mol. The smallest absolute Gasteiger partial charge is 0.417 e. The summed E-state index contributed by atoms with van der Waals surface area (Å²) < 4.78 is 11.0. The topological polar surface area (TPSA) is 67.9 Å². The lowest BCUT2D eigenvalue weighted by Gasteiger charge is -2.35. The average molecular weight is 487 g/mol. The van der Waals surface area contributed by atoms with Gasteiger partial charge in [-0.05, 0) is 93.9 Å². The van der Waals surface area contributed by atoms with Crippen molar-refractivity contribution in [1.82, 2.24) is 4.90 Å². The second-order valence-corrected chi connectivity index (χ2v) is 9.65. The standard InChI is InChI=1S/C30H34N2O4/c1-4-30(18-5-6-19-32(3)21-30)24-8-7-9-27(20-24)36-29(34)31-25-14-12-23(13-15-25)28(33)35-26-16-10-22(2)11-17-26/h7-17,20H,4-6,18-19,21H2,1-3H3,(H,31,34). The van der Waals surface area contributed by atoms with Gasteiger partial charge in [0.2, 0.25) is 0 Å².